The van der Waals surface area contributed by atoms with E-state index in [1.807, 2.05) is 63.3 Å². The van der Waals surface area contributed by atoms with Crippen molar-refractivity contribution in [1.29, 1.82) is 0 Å². The van der Waals surface area contributed by atoms with Gasteiger partial charge in [-0.2, -0.15) is 0 Å². The molecule has 0 aliphatic carbocycles. The first kappa shape index (κ1) is 11.0. The molecule has 0 aromatic heterocycles. The Kier molecular flexibility index (Phi) is 3.48. The molecular formula is C13H18O. The van der Waals surface area contributed by atoms with Crippen LogP contribution in [0.1, 0.15) is 26.3 Å². The fraction of sp³-hybridized carbons (Fsp3) is 0.385. The van der Waals surface area contributed by atoms with E-state index in [1.54, 1.807) is 0 Å². The molecule has 1 rings (SSSR count). The van der Waals surface area contributed by atoms with E-state index in [1.165, 1.54) is 0 Å². The Bertz CT molecular complexity index is 296. The lowest BCUT2D eigenvalue weighted by molar-refractivity contribution is 0.0634. The van der Waals surface area contributed by atoms with E-state index in [9.17, 15) is 5.11 Å². The van der Waals surface area contributed by atoms with Gasteiger partial charge in [0.2, 0.25) is 0 Å². The Morgan fingerprint density at radius 2 is 1.79 bits per heavy atom. The summed E-state index contributed by atoms with van der Waals surface area (Å²) in [5, 5.41) is 9.97. The fourth-order valence-corrected chi connectivity index (χ4v) is 1.02. The number of rotatable bonds is 3. The molecule has 1 aromatic carbocycles. The van der Waals surface area contributed by atoms with Crippen molar-refractivity contribution < 1.29 is 5.11 Å². The average molecular weight is 190 g/mol. The Morgan fingerprint density at radius 1 is 1.21 bits per heavy atom. The van der Waals surface area contributed by atoms with Crippen LogP contribution in [0.4, 0.5) is 0 Å². The van der Waals surface area contributed by atoms with Crippen LogP contribution in [0.5, 0.6) is 0 Å². The predicted octanol–water partition coefficient (Wildman–Crippen LogP) is 3.11. The van der Waals surface area contributed by atoms with Crippen molar-refractivity contribution in [3.05, 3.63) is 42.0 Å². The van der Waals surface area contributed by atoms with Gasteiger partial charge in [-0.25, -0.2) is 0 Å². The van der Waals surface area contributed by atoms with Crippen molar-refractivity contribution in [2.24, 2.45) is 5.92 Å². The molecule has 0 saturated heterocycles. The van der Waals surface area contributed by atoms with Gasteiger partial charge in [0, 0.05) is 0 Å². The molecule has 0 saturated carbocycles. The van der Waals surface area contributed by atoms with E-state index in [2.05, 4.69) is 0 Å². The van der Waals surface area contributed by atoms with Crippen molar-refractivity contribution >= 4 is 6.08 Å². The van der Waals surface area contributed by atoms with Gasteiger partial charge in [0.05, 0.1) is 5.60 Å². The third kappa shape index (κ3) is 3.00. The van der Waals surface area contributed by atoms with Crippen molar-refractivity contribution in [3.63, 3.8) is 0 Å². The zero-order valence-corrected chi connectivity index (χ0v) is 9.07. The second-order valence-electron chi connectivity index (χ2n) is 4.12. The second kappa shape index (κ2) is 4.43. The monoisotopic (exact) mass is 190 g/mol. The zero-order chi connectivity index (χ0) is 10.6. The number of hydrogen-bond acceptors (Lipinski definition) is 1. The lowest BCUT2D eigenvalue weighted by Gasteiger charge is -2.23. The van der Waals surface area contributed by atoms with E-state index in [0.717, 1.165) is 5.56 Å². The first-order valence-electron chi connectivity index (χ1n) is 4.99. The third-order valence-electron chi connectivity index (χ3n) is 2.58. The molecule has 0 heterocycles. The maximum atomic E-state index is 9.97. The van der Waals surface area contributed by atoms with Gasteiger partial charge in [0.25, 0.3) is 0 Å². The van der Waals surface area contributed by atoms with Gasteiger partial charge in [-0.1, -0.05) is 56.3 Å². The highest BCUT2D eigenvalue weighted by Gasteiger charge is 2.20. The molecule has 0 aliphatic rings. The molecule has 0 radical (unpaired) electrons. The van der Waals surface area contributed by atoms with E-state index in [4.69, 9.17) is 0 Å². The SMILES string of the molecule is CC(C)C(C)(O)/C=C/c1ccccc1. The predicted molar refractivity (Wildman–Crippen MR) is 60.9 cm³/mol. The summed E-state index contributed by atoms with van der Waals surface area (Å²) in [5.41, 5.74) is 0.393. The minimum absolute atomic E-state index is 0.225. The second-order valence-corrected chi connectivity index (χ2v) is 4.12. The summed E-state index contributed by atoms with van der Waals surface area (Å²) in [4.78, 5) is 0. The standard InChI is InChI=1S/C13H18O/c1-11(2)13(3,14)10-9-12-7-5-4-6-8-12/h4-11,14H,1-3H3/b10-9+. The molecule has 14 heavy (non-hydrogen) atoms. The van der Waals surface area contributed by atoms with Crippen molar-refractivity contribution in [2.45, 2.75) is 26.4 Å². The zero-order valence-electron chi connectivity index (χ0n) is 9.07. The normalized spacial score (nSPS) is 16.1. The van der Waals surface area contributed by atoms with Crippen LogP contribution in [0.3, 0.4) is 0 Å². The smallest absolute Gasteiger partial charge is 0.0825 e. The van der Waals surface area contributed by atoms with E-state index in [0.29, 0.717) is 0 Å². The highest BCUT2D eigenvalue weighted by molar-refractivity contribution is 5.50. The molecule has 76 valence electrons. The van der Waals surface area contributed by atoms with Crippen LogP contribution in [0.2, 0.25) is 0 Å². The topological polar surface area (TPSA) is 20.2 Å². The van der Waals surface area contributed by atoms with Gasteiger partial charge < -0.3 is 5.11 Å². The summed E-state index contributed by atoms with van der Waals surface area (Å²) in [6.07, 6.45) is 3.81. The highest BCUT2D eigenvalue weighted by Crippen LogP contribution is 2.18. The Hall–Kier alpha value is -1.08. The Labute approximate surface area is 86.1 Å². The minimum atomic E-state index is -0.726. The molecule has 1 aromatic rings. The van der Waals surface area contributed by atoms with Gasteiger partial charge >= 0.3 is 0 Å². The molecule has 0 bridgehead atoms. The summed E-state index contributed by atoms with van der Waals surface area (Å²) >= 11 is 0. The maximum Gasteiger partial charge on any atom is 0.0825 e. The Balaban J connectivity index is 2.74. The summed E-state index contributed by atoms with van der Waals surface area (Å²) in [5.74, 6) is 0.225. The molecule has 1 nitrogen and oxygen atoms in total. The van der Waals surface area contributed by atoms with Crippen LogP contribution in [0.15, 0.2) is 36.4 Å². The first-order valence-corrected chi connectivity index (χ1v) is 4.99. The van der Waals surface area contributed by atoms with Crippen LogP contribution in [0.25, 0.3) is 6.08 Å². The maximum absolute atomic E-state index is 9.97. The fourth-order valence-electron chi connectivity index (χ4n) is 1.02. The van der Waals surface area contributed by atoms with Gasteiger partial charge in [0.1, 0.15) is 0 Å². The molecule has 0 fully saturated rings. The minimum Gasteiger partial charge on any atom is -0.386 e. The van der Waals surface area contributed by atoms with Crippen molar-refractivity contribution in [3.8, 4) is 0 Å². The van der Waals surface area contributed by atoms with E-state index < -0.39 is 5.60 Å². The number of aliphatic hydroxyl groups is 1. The van der Waals surface area contributed by atoms with Crippen LogP contribution in [-0.2, 0) is 0 Å². The van der Waals surface area contributed by atoms with Crippen LogP contribution in [-0.4, -0.2) is 10.7 Å². The lowest BCUT2D eigenvalue weighted by atomic mass is 9.91. The average Bonchev–Trinajstić information content (AvgIpc) is 2.16. The Morgan fingerprint density at radius 3 is 2.29 bits per heavy atom. The van der Waals surface area contributed by atoms with Crippen LogP contribution in [0, 0.1) is 5.92 Å². The largest absolute Gasteiger partial charge is 0.386 e. The summed E-state index contributed by atoms with van der Waals surface area (Å²) in [6, 6.07) is 10.0. The lowest BCUT2D eigenvalue weighted by Crippen LogP contribution is -2.27. The van der Waals surface area contributed by atoms with Gasteiger partial charge in [0.15, 0.2) is 0 Å². The van der Waals surface area contributed by atoms with Crippen LogP contribution < -0.4 is 0 Å². The first-order chi connectivity index (χ1) is 6.52. The quantitative estimate of drug-likeness (QED) is 0.776. The van der Waals surface area contributed by atoms with Gasteiger partial charge in [-0.15, -0.1) is 0 Å². The number of hydrogen-bond donors (Lipinski definition) is 1. The van der Waals surface area contributed by atoms with Crippen LogP contribution >= 0.6 is 0 Å². The number of benzene rings is 1. The van der Waals surface area contributed by atoms with Gasteiger partial charge in [-0.3, -0.25) is 0 Å². The van der Waals surface area contributed by atoms with Crippen molar-refractivity contribution in [2.75, 3.05) is 0 Å². The third-order valence-corrected chi connectivity index (χ3v) is 2.58. The summed E-state index contributed by atoms with van der Waals surface area (Å²) < 4.78 is 0. The highest BCUT2D eigenvalue weighted by atomic mass is 16.3. The molecule has 1 atom stereocenters. The molecule has 0 spiro atoms. The van der Waals surface area contributed by atoms with E-state index in [-0.39, 0.29) is 5.92 Å². The molecule has 1 heteroatoms. The summed E-state index contributed by atoms with van der Waals surface area (Å²) in [7, 11) is 0. The molecule has 1 unspecified atom stereocenters. The van der Waals surface area contributed by atoms with Gasteiger partial charge in [-0.05, 0) is 18.4 Å². The van der Waals surface area contributed by atoms with Crippen molar-refractivity contribution in [1.82, 2.24) is 0 Å². The summed E-state index contributed by atoms with van der Waals surface area (Å²) in [6.45, 7) is 5.85. The molecule has 0 aliphatic heterocycles. The van der Waals surface area contributed by atoms with E-state index >= 15 is 0 Å². The molecular weight excluding hydrogens is 172 g/mol. The molecule has 1 N–H and O–H groups in total. The molecule has 0 amide bonds.